The van der Waals surface area contributed by atoms with Crippen LogP contribution in [0.4, 0.5) is 4.39 Å². The molecule has 0 saturated carbocycles. The Bertz CT molecular complexity index is 617. The molecule has 0 aliphatic rings. The van der Waals surface area contributed by atoms with Crippen LogP contribution in [-0.2, 0) is 0 Å². The predicted octanol–water partition coefficient (Wildman–Crippen LogP) is 4.11. The largest absolute Gasteiger partial charge is 0.320 e. The van der Waals surface area contributed by atoms with Crippen molar-refractivity contribution in [1.29, 1.82) is 0 Å². The molecule has 2 rings (SSSR count). The lowest BCUT2D eigenvalue weighted by molar-refractivity contribution is 0.617. The maximum Gasteiger partial charge on any atom is 0.126 e. The number of benzene rings is 2. The Balaban J connectivity index is 2.46. The van der Waals surface area contributed by atoms with Crippen LogP contribution in [-0.4, -0.2) is 0 Å². The highest BCUT2D eigenvalue weighted by atomic mass is 19.1. The molecule has 0 spiro atoms. The van der Waals surface area contributed by atoms with E-state index in [4.69, 9.17) is 5.73 Å². The molecule has 1 nitrogen and oxygen atoms in total. The highest BCUT2D eigenvalue weighted by Gasteiger charge is 2.13. The van der Waals surface area contributed by atoms with Crippen molar-refractivity contribution in [2.24, 2.45) is 5.73 Å². The summed E-state index contributed by atoms with van der Waals surface area (Å²) >= 11 is 0. The molecule has 1 atom stereocenters. The average molecular weight is 257 g/mol. The first-order chi connectivity index (χ1) is 8.90. The van der Waals surface area contributed by atoms with Crippen molar-refractivity contribution in [2.45, 2.75) is 33.7 Å². The van der Waals surface area contributed by atoms with Gasteiger partial charge in [0, 0.05) is 0 Å². The number of aryl methyl sites for hydroxylation is 4. The molecular weight excluding hydrogens is 237 g/mol. The molecule has 2 N–H and O–H groups in total. The zero-order valence-electron chi connectivity index (χ0n) is 11.9. The monoisotopic (exact) mass is 257 g/mol. The number of rotatable bonds is 2. The average Bonchev–Trinajstić information content (AvgIpc) is 2.36. The highest BCUT2D eigenvalue weighted by Crippen LogP contribution is 2.26. The second-order valence-corrected chi connectivity index (χ2v) is 5.28. The third-order valence-corrected chi connectivity index (χ3v) is 3.76. The topological polar surface area (TPSA) is 26.0 Å². The van der Waals surface area contributed by atoms with E-state index in [-0.39, 0.29) is 11.9 Å². The molecule has 19 heavy (non-hydrogen) atoms. The standard InChI is InChI=1S/C17H20FN/c1-10-7-12(3)15(9-11(10)2)17(19)14-5-6-16(18)13(4)8-14/h5-9,17H,19H2,1-4H3. The molecule has 0 aromatic heterocycles. The first-order valence-corrected chi connectivity index (χ1v) is 6.49. The van der Waals surface area contributed by atoms with Gasteiger partial charge < -0.3 is 5.73 Å². The molecule has 100 valence electrons. The van der Waals surface area contributed by atoms with Crippen LogP contribution in [0.5, 0.6) is 0 Å². The Morgan fingerprint density at radius 3 is 2.11 bits per heavy atom. The summed E-state index contributed by atoms with van der Waals surface area (Å²) in [6.07, 6.45) is 0. The van der Waals surface area contributed by atoms with Gasteiger partial charge in [-0.05, 0) is 67.1 Å². The maximum absolute atomic E-state index is 13.3. The lowest BCUT2D eigenvalue weighted by atomic mass is 9.91. The van der Waals surface area contributed by atoms with Crippen molar-refractivity contribution in [3.63, 3.8) is 0 Å². The molecule has 2 aromatic carbocycles. The molecule has 0 bridgehead atoms. The summed E-state index contributed by atoms with van der Waals surface area (Å²) in [5.41, 5.74) is 12.7. The van der Waals surface area contributed by atoms with Crippen LogP contribution in [0.1, 0.15) is 39.4 Å². The normalized spacial score (nSPS) is 12.5. The van der Waals surface area contributed by atoms with Gasteiger partial charge in [0.15, 0.2) is 0 Å². The lowest BCUT2D eigenvalue weighted by Gasteiger charge is -2.18. The molecule has 0 fully saturated rings. The minimum absolute atomic E-state index is 0.187. The Labute approximate surface area is 114 Å². The van der Waals surface area contributed by atoms with Crippen LogP contribution in [0.2, 0.25) is 0 Å². The van der Waals surface area contributed by atoms with Gasteiger partial charge in [0.05, 0.1) is 6.04 Å². The summed E-state index contributed by atoms with van der Waals surface area (Å²) in [4.78, 5) is 0. The smallest absolute Gasteiger partial charge is 0.126 e. The van der Waals surface area contributed by atoms with Crippen LogP contribution >= 0.6 is 0 Å². The van der Waals surface area contributed by atoms with E-state index < -0.39 is 0 Å². The molecule has 2 heteroatoms. The lowest BCUT2D eigenvalue weighted by Crippen LogP contribution is -2.14. The third-order valence-electron chi connectivity index (χ3n) is 3.76. The number of hydrogen-bond donors (Lipinski definition) is 1. The van der Waals surface area contributed by atoms with Gasteiger partial charge in [-0.3, -0.25) is 0 Å². The number of nitrogens with two attached hydrogens (primary N) is 1. The van der Waals surface area contributed by atoms with E-state index in [1.54, 1.807) is 13.0 Å². The van der Waals surface area contributed by atoms with Crippen molar-refractivity contribution in [3.8, 4) is 0 Å². The molecule has 0 radical (unpaired) electrons. The van der Waals surface area contributed by atoms with E-state index in [2.05, 4.69) is 32.9 Å². The van der Waals surface area contributed by atoms with Crippen LogP contribution in [0.3, 0.4) is 0 Å². The minimum Gasteiger partial charge on any atom is -0.320 e. The number of hydrogen-bond acceptors (Lipinski definition) is 1. The Morgan fingerprint density at radius 1 is 0.842 bits per heavy atom. The summed E-state index contributed by atoms with van der Waals surface area (Å²) in [5, 5.41) is 0. The fourth-order valence-corrected chi connectivity index (χ4v) is 2.36. The van der Waals surface area contributed by atoms with Crippen LogP contribution in [0, 0.1) is 33.5 Å². The second-order valence-electron chi connectivity index (χ2n) is 5.28. The van der Waals surface area contributed by atoms with Gasteiger partial charge >= 0.3 is 0 Å². The van der Waals surface area contributed by atoms with E-state index in [0.717, 1.165) is 11.1 Å². The molecule has 1 unspecified atom stereocenters. The van der Waals surface area contributed by atoms with Gasteiger partial charge in [-0.2, -0.15) is 0 Å². The SMILES string of the molecule is Cc1cc(C)c(C(N)c2ccc(F)c(C)c2)cc1C. The van der Waals surface area contributed by atoms with E-state index in [9.17, 15) is 4.39 Å². The molecule has 2 aromatic rings. The Hall–Kier alpha value is -1.67. The molecule has 0 amide bonds. The van der Waals surface area contributed by atoms with Crippen molar-refractivity contribution in [2.75, 3.05) is 0 Å². The quantitative estimate of drug-likeness (QED) is 0.861. The van der Waals surface area contributed by atoms with Gasteiger partial charge in [0.2, 0.25) is 0 Å². The molecule has 0 aliphatic carbocycles. The van der Waals surface area contributed by atoms with Gasteiger partial charge in [-0.25, -0.2) is 4.39 Å². The van der Waals surface area contributed by atoms with Crippen molar-refractivity contribution in [3.05, 3.63) is 69.5 Å². The molecule has 0 heterocycles. The highest BCUT2D eigenvalue weighted by molar-refractivity contribution is 5.42. The maximum atomic E-state index is 13.3. The third kappa shape index (κ3) is 2.69. The summed E-state index contributed by atoms with van der Waals surface area (Å²) in [5.74, 6) is -0.187. The second kappa shape index (κ2) is 5.14. The summed E-state index contributed by atoms with van der Waals surface area (Å²) < 4.78 is 13.3. The first kappa shape index (κ1) is 13.8. The van der Waals surface area contributed by atoms with Crippen LogP contribution < -0.4 is 5.73 Å². The van der Waals surface area contributed by atoms with E-state index in [0.29, 0.717) is 5.56 Å². The predicted molar refractivity (Wildman–Crippen MR) is 77.8 cm³/mol. The fraction of sp³-hybridized carbons (Fsp3) is 0.294. The zero-order chi connectivity index (χ0) is 14.2. The zero-order valence-corrected chi connectivity index (χ0v) is 11.9. The van der Waals surface area contributed by atoms with Crippen molar-refractivity contribution in [1.82, 2.24) is 0 Å². The van der Waals surface area contributed by atoms with E-state index in [1.807, 2.05) is 6.07 Å². The summed E-state index contributed by atoms with van der Waals surface area (Å²) in [7, 11) is 0. The van der Waals surface area contributed by atoms with Gasteiger partial charge in [-0.15, -0.1) is 0 Å². The van der Waals surface area contributed by atoms with Gasteiger partial charge in [0.1, 0.15) is 5.82 Å². The first-order valence-electron chi connectivity index (χ1n) is 6.49. The molecule has 0 saturated heterocycles. The minimum atomic E-state index is -0.210. The summed E-state index contributed by atoms with van der Waals surface area (Å²) in [6.45, 7) is 8.01. The van der Waals surface area contributed by atoms with Crippen molar-refractivity contribution < 1.29 is 4.39 Å². The fourth-order valence-electron chi connectivity index (χ4n) is 2.36. The molecular formula is C17H20FN. The van der Waals surface area contributed by atoms with Gasteiger partial charge in [0.25, 0.3) is 0 Å². The van der Waals surface area contributed by atoms with Crippen LogP contribution in [0.15, 0.2) is 30.3 Å². The summed E-state index contributed by atoms with van der Waals surface area (Å²) in [6, 6.07) is 9.16. The van der Waals surface area contributed by atoms with Crippen molar-refractivity contribution >= 4 is 0 Å². The van der Waals surface area contributed by atoms with Gasteiger partial charge in [-0.1, -0.05) is 24.3 Å². The Kier molecular flexibility index (Phi) is 3.72. The van der Waals surface area contributed by atoms with E-state index >= 15 is 0 Å². The van der Waals surface area contributed by atoms with Crippen LogP contribution in [0.25, 0.3) is 0 Å². The van der Waals surface area contributed by atoms with E-state index in [1.165, 1.54) is 22.8 Å². The molecule has 0 aliphatic heterocycles. The Morgan fingerprint density at radius 2 is 1.47 bits per heavy atom. The number of halogens is 1.